The lowest BCUT2D eigenvalue weighted by molar-refractivity contribution is -0.133. The Labute approximate surface area is 182 Å². The Balaban J connectivity index is 1.78. The number of aromatic nitrogens is 3. The first-order valence-corrected chi connectivity index (χ1v) is 10.9. The van der Waals surface area contributed by atoms with Gasteiger partial charge < -0.3 is 9.32 Å². The van der Waals surface area contributed by atoms with Gasteiger partial charge in [0, 0.05) is 18.6 Å². The van der Waals surface area contributed by atoms with Crippen LogP contribution in [-0.4, -0.2) is 36.9 Å². The minimum atomic E-state index is -0.290. The molecule has 6 nitrogen and oxygen atoms in total. The van der Waals surface area contributed by atoms with Crippen molar-refractivity contribution in [3.8, 4) is 11.4 Å². The molecule has 0 radical (unpaired) electrons. The normalized spacial score (nSPS) is 11.5. The highest BCUT2D eigenvalue weighted by atomic mass is 32.2. The summed E-state index contributed by atoms with van der Waals surface area (Å²) >= 11 is 1.39. The quantitative estimate of drug-likeness (QED) is 0.378. The Hall–Kier alpha value is -2.80. The Morgan fingerprint density at radius 1 is 1.23 bits per heavy atom. The average Bonchev–Trinajstić information content (AvgIpc) is 3.30. The van der Waals surface area contributed by atoms with Gasteiger partial charge in [-0.25, -0.2) is 0 Å². The van der Waals surface area contributed by atoms with Gasteiger partial charge in [0.05, 0.1) is 17.6 Å². The summed E-state index contributed by atoms with van der Waals surface area (Å²) in [5.41, 5.74) is 1.71. The van der Waals surface area contributed by atoms with Gasteiger partial charge in [-0.15, -0.1) is 16.8 Å². The topological polar surface area (TPSA) is 64.2 Å². The zero-order valence-corrected chi connectivity index (χ0v) is 18.8. The summed E-state index contributed by atoms with van der Waals surface area (Å²) in [7, 11) is 0. The van der Waals surface area contributed by atoms with Crippen LogP contribution in [0.4, 0.5) is 0 Å². The first-order valence-electron chi connectivity index (χ1n) is 9.87. The van der Waals surface area contributed by atoms with E-state index in [1.807, 2.05) is 52.8 Å². The lowest BCUT2D eigenvalue weighted by Crippen LogP contribution is -2.45. The number of rotatable bonds is 8. The third kappa shape index (κ3) is 5.02. The summed E-state index contributed by atoms with van der Waals surface area (Å²) in [4.78, 5) is 15.0. The van der Waals surface area contributed by atoms with E-state index in [2.05, 4.69) is 37.5 Å². The molecule has 0 N–H and O–H groups in total. The molecule has 0 aliphatic heterocycles. The van der Waals surface area contributed by atoms with E-state index in [0.717, 1.165) is 16.9 Å². The molecule has 3 rings (SSSR count). The number of hydrogen-bond donors (Lipinski definition) is 0. The van der Waals surface area contributed by atoms with Gasteiger partial charge in [-0.2, -0.15) is 0 Å². The minimum Gasteiger partial charge on any atom is -0.469 e. The second kappa shape index (κ2) is 9.34. The molecule has 0 atom stereocenters. The summed E-state index contributed by atoms with van der Waals surface area (Å²) in [6, 6.07) is 11.9. The molecule has 0 saturated heterocycles. The van der Waals surface area contributed by atoms with Crippen LogP contribution in [0.1, 0.15) is 32.1 Å². The number of nitrogens with zero attached hydrogens (tertiary/aromatic N) is 4. The lowest BCUT2D eigenvalue weighted by Gasteiger charge is -2.36. The molecule has 1 aromatic carbocycles. The number of carbonyl (C=O) groups excluding carboxylic acids is 1. The first kappa shape index (κ1) is 21.9. The third-order valence-electron chi connectivity index (χ3n) is 4.75. The molecule has 2 aromatic heterocycles. The van der Waals surface area contributed by atoms with Crippen molar-refractivity contribution in [3.05, 3.63) is 66.6 Å². The van der Waals surface area contributed by atoms with E-state index < -0.39 is 0 Å². The van der Waals surface area contributed by atoms with Crippen LogP contribution < -0.4 is 0 Å². The van der Waals surface area contributed by atoms with Crippen LogP contribution in [0.5, 0.6) is 0 Å². The standard InChI is InChI=1S/C23H28N4O2S/c1-6-13-26-21(19-12-14-29-17(19)2)24-25-22(26)30-16-20(28)27(23(3,4)5)15-18-10-8-7-9-11-18/h6-12,14H,1,13,15-16H2,2-5H3. The number of hydrogen-bond acceptors (Lipinski definition) is 5. The number of benzene rings is 1. The third-order valence-corrected chi connectivity index (χ3v) is 5.70. The SMILES string of the molecule is C=CCn1c(SCC(=O)N(Cc2ccccc2)C(C)(C)C)nnc1-c1ccoc1C. The van der Waals surface area contributed by atoms with E-state index in [-0.39, 0.29) is 17.2 Å². The van der Waals surface area contributed by atoms with Crippen LogP contribution in [-0.2, 0) is 17.9 Å². The van der Waals surface area contributed by atoms with Crippen molar-refractivity contribution in [1.82, 2.24) is 19.7 Å². The molecular formula is C23H28N4O2S. The number of allylic oxidation sites excluding steroid dienone is 1. The van der Waals surface area contributed by atoms with Crippen LogP contribution in [0, 0.1) is 6.92 Å². The molecule has 2 heterocycles. The smallest absolute Gasteiger partial charge is 0.233 e. The molecule has 0 fully saturated rings. The summed E-state index contributed by atoms with van der Waals surface area (Å²) < 4.78 is 7.37. The number of furan rings is 1. The summed E-state index contributed by atoms with van der Waals surface area (Å²) in [5.74, 6) is 1.84. The van der Waals surface area contributed by atoms with Crippen molar-refractivity contribution < 1.29 is 9.21 Å². The maximum atomic E-state index is 13.1. The molecule has 1 amide bonds. The Kier molecular flexibility index (Phi) is 6.82. The number of carbonyl (C=O) groups is 1. The van der Waals surface area contributed by atoms with Gasteiger partial charge >= 0.3 is 0 Å². The predicted molar refractivity (Wildman–Crippen MR) is 120 cm³/mol. The van der Waals surface area contributed by atoms with Crippen molar-refractivity contribution in [2.75, 3.05) is 5.75 Å². The summed E-state index contributed by atoms with van der Waals surface area (Å²) in [5, 5.41) is 9.35. The van der Waals surface area contributed by atoms with E-state index >= 15 is 0 Å². The fourth-order valence-corrected chi connectivity index (χ4v) is 4.00. The highest BCUT2D eigenvalue weighted by Crippen LogP contribution is 2.28. The van der Waals surface area contributed by atoms with Gasteiger partial charge in [-0.05, 0) is 39.3 Å². The van der Waals surface area contributed by atoms with E-state index in [9.17, 15) is 4.79 Å². The Bertz CT molecular complexity index is 1000. The molecule has 3 aromatic rings. The zero-order chi connectivity index (χ0) is 21.7. The summed E-state index contributed by atoms with van der Waals surface area (Å²) in [6.07, 6.45) is 3.43. The molecule has 0 spiro atoms. The van der Waals surface area contributed by atoms with Crippen LogP contribution in [0.15, 0.2) is 64.9 Å². The van der Waals surface area contributed by atoms with E-state index in [1.165, 1.54) is 11.8 Å². The van der Waals surface area contributed by atoms with Crippen LogP contribution >= 0.6 is 11.8 Å². The maximum Gasteiger partial charge on any atom is 0.233 e. The van der Waals surface area contributed by atoms with Gasteiger partial charge in [0.1, 0.15) is 5.76 Å². The van der Waals surface area contributed by atoms with E-state index in [0.29, 0.717) is 24.1 Å². The van der Waals surface area contributed by atoms with Crippen molar-refractivity contribution in [2.24, 2.45) is 0 Å². The fraction of sp³-hybridized carbons (Fsp3) is 0.348. The fourth-order valence-electron chi connectivity index (χ4n) is 3.17. The van der Waals surface area contributed by atoms with E-state index in [4.69, 9.17) is 4.42 Å². The predicted octanol–water partition coefficient (Wildman–Crippen LogP) is 4.95. The highest BCUT2D eigenvalue weighted by Gasteiger charge is 2.27. The van der Waals surface area contributed by atoms with Crippen LogP contribution in [0.25, 0.3) is 11.4 Å². The van der Waals surface area contributed by atoms with Crippen molar-refractivity contribution in [1.29, 1.82) is 0 Å². The van der Waals surface area contributed by atoms with Crippen LogP contribution in [0.3, 0.4) is 0 Å². The molecule has 158 valence electrons. The molecule has 0 unspecified atom stereocenters. The van der Waals surface area contributed by atoms with Gasteiger partial charge in [-0.3, -0.25) is 9.36 Å². The first-order chi connectivity index (χ1) is 14.3. The van der Waals surface area contributed by atoms with Crippen molar-refractivity contribution in [3.63, 3.8) is 0 Å². The minimum absolute atomic E-state index is 0.0607. The Morgan fingerprint density at radius 3 is 2.57 bits per heavy atom. The van der Waals surface area contributed by atoms with Crippen LogP contribution in [0.2, 0.25) is 0 Å². The number of thioether (sulfide) groups is 1. The maximum absolute atomic E-state index is 13.1. The van der Waals surface area contributed by atoms with Crippen molar-refractivity contribution >= 4 is 17.7 Å². The highest BCUT2D eigenvalue weighted by molar-refractivity contribution is 7.99. The summed E-state index contributed by atoms with van der Waals surface area (Å²) in [6.45, 7) is 13.0. The van der Waals surface area contributed by atoms with Crippen molar-refractivity contribution in [2.45, 2.75) is 51.5 Å². The molecule has 0 bridgehead atoms. The molecule has 0 aliphatic rings. The molecule has 0 saturated carbocycles. The lowest BCUT2D eigenvalue weighted by atomic mass is 10.0. The van der Waals surface area contributed by atoms with Gasteiger partial charge in [0.2, 0.25) is 5.91 Å². The number of amides is 1. The Morgan fingerprint density at radius 2 is 1.97 bits per heavy atom. The monoisotopic (exact) mass is 424 g/mol. The second-order valence-electron chi connectivity index (χ2n) is 8.02. The zero-order valence-electron chi connectivity index (χ0n) is 18.0. The van der Waals surface area contributed by atoms with Gasteiger partial charge in [0.15, 0.2) is 11.0 Å². The molecule has 7 heteroatoms. The second-order valence-corrected chi connectivity index (χ2v) is 8.96. The molecule has 30 heavy (non-hydrogen) atoms. The van der Waals surface area contributed by atoms with Gasteiger partial charge in [0.25, 0.3) is 0 Å². The van der Waals surface area contributed by atoms with Gasteiger partial charge in [-0.1, -0.05) is 48.2 Å². The number of aryl methyl sites for hydroxylation is 1. The average molecular weight is 425 g/mol. The largest absolute Gasteiger partial charge is 0.469 e. The molecular weight excluding hydrogens is 396 g/mol. The molecule has 0 aliphatic carbocycles. The van der Waals surface area contributed by atoms with E-state index in [1.54, 1.807) is 12.3 Å².